The van der Waals surface area contributed by atoms with Crippen molar-refractivity contribution in [2.45, 2.75) is 45.1 Å². The van der Waals surface area contributed by atoms with E-state index in [0.29, 0.717) is 58.8 Å². The zero-order chi connectivity index (χ0) is 25.9. The number of phenols is 1. The molecular formula is C31H37NO5. The van der Waals surface area contributed by atoms with Crippen molar-refractivity contribution >= 4 is 5.78 Å². The van der Waals surface area contributed by atoms with Crippen molar-refractivity contribution in [3.8, 4) is 5.75 Å². The lowest BCUT2D eigenvalue weighted by Gasteiger charge is -2.43. The molecule has 0 spiro atoms. The Bertz CT molecular complexity index is 1060. The monoisotopic (exact) mass is 503 g/mol. The van der Waals surface area contributed by atoms with Gasteiger partial charge in [0.1, 0.15) is 11.9 Å². The molecule has 2 atom stereocenters. The Hall–Kier alpha value is -3.03. The van der Waals surface area contributed by atoms with Crippen molar-refractivity contribution in [2.75, 3.05) is 19.8 Å². The lowest BCUT2D eigenvalue weighted by molar-refractivity contribution is -0.137. The molecule has 3 aromatic rings. The number of Topliss-reactive ketones (excluding diaryl/α,β-unsaturated/α-hetero) is 1. The highest BCUT2D eigenvalue weighted by atomic mass is 16.5. The number of aliphatic hydroxyl groups is 1. The first-order chi connectivity index (χ1) is 18.1. The summed E-state index contributed by atoms with van der Waals surface area (Å²) in [5.41, 5.74) is 2.48. The van der Waals surface area contributed by atoms with Crippen molar-refractivity contribution in [1.82, 2.24) is 5.32 Å². The molecule has 0 saturated heterocycles. The molecule has 6 heteroatoms. The molecule has 1 fully saturated rings. The van der Waals surface area contributed by atoms with Gasteiger partial charge in [-0.15, -0.1) is 0 Å². The summed E-state index contributed by atoms with van der Waals surface area (Å²) in [6, 6.07) is 27.3. The van der Waals surface area contributed by atoms with Crippen molar-refractivity contribution in [2.24, 2.45) is 11.3 Å². The minimum absolute atomic E-state index is 0.00758. The Kier molecular flexibility index (Phi) is 9.85. The van der Waals surface area contributed by atoms with Gasteiger partial charge in [0, 0.05) is 30.5 Å². The average molecular weight is 504 g/mol. The van der Waals surface area contributed by atoms with Crippen LogP contribution >= 0.6 is 0 Å². The van der Waals surface area contributed by atoms with Gasteiger partial charge in [0.15, 0.2) is 5.78 Å². The molecule has 6 nitrogen and oxygen atoms in total. The predicted molar refractivity (Wildman–Crippen MR) is 143 cm³/mol. The highest BCUT2D eigenvalue weighted by Gasteiger charge is 2.43. The van der Waals surface area contributed by atoms with Gasteiger partial charge in [0.25, 0.3) is 0 Å². The predicted octanol–water partition coefficient (Wildman–Crippen LogP) is 4.63. The molecule has 0 amide bonds. The standard InChI is InChI=1S/C31H37NO5/c33-28-14-8-7-13-26(28)18-32-21-31(27-15-16-29(34)30(35)17-27,22-36-19-24-9-3-1-4-10-24)23-37-20-25-11-5-2-6-12-25/h1-14,27,29,32-34H,15-23H2. The van der Waals surface area contributed by atoms with Crippen LogP contribution in [0.3, 0.4) is 0 Å². The van der Waals surface area contributed by atoms with Gasteiger partial charge < -0.3 is 25.0 Å². The van der Waals surface area contributed by atoms with E-state index in [9.17, 15) is 15.0 Å². The molecule has 0 bridgehead atoms. The number of ether oxygens (including phenoxy) is 2. The van der Waals surface area contributed by atoms with Crippen LogP contribution in [0.4, 0.5) is 0 Å². The van der Waals surface area contributed by atoms with Crippen molar-refractivity contribution in [3.05, 3.63) is 102 Å². The second-order valence-corrected chi connectivity index (χ2v) is 10.0. The van der Waals surface area contributed by atoms with Crippen LogP contribution in [0.25, 0.3) is 0 Å². The van der Waals surface area contributed by atoms with Gasteiger partial charge in [-0.2, -0.15) is 0 Å². The second kappa shape index (κ2) is 13.5. The van der Waals surface area contributed by atoms with Crippen molar-refractivity contribution in [3.63, 3.8) is 0 Å². The summed E-state index contributed by atoms with van der Waals surface area (Å²) in [6.45, 7) is 2.75. The van der Waals surface area contributed by atoms with E-state index in [-0.39, 0.29) is 17.5 Å². The maximum absolute atomic E-state index is 12.6. The average Bonchev–Trinajstić information content (AvgIpc) is 2.92. The molecule has 196 valence electrons. The lowest BCUT2D eigenvalue weighted by atomic mass is 9.68. The minimum atomic E-state index is -0.890. The van der Waals surface area contributed by atoms with Crippen LogP contribution in [0.2, 0.25) is 0 Å². The molecule has 1 aliphatic carbocycles. The Balaban J connectivity index is 1.52. The Morgan fingerprint density at radius 3 is 1.95 bits per heavy atom. The highest BCUT2D eigenvalue weighted by Crippen LogP contribution is 2.39. The summed E-state index contributed by atoms with van der Waals surface area (Å²) in [6.07, 6.45) is 0.568. The number of rotatable bonds is 13. The van der Waals surface area contributed by atoms with Crippen LogP contribution in [-0.2, 0) is 34.0 Å². The fourth-order valence-corrected chi connectivity index (χ4v) is 5.05. The highest BCUT2D eigenvalue weighted by molar-refractivity contribution is 5.83. The van der Waals surface area contributed by atoms with E-state index in [1.807, 2.05) is 72.8 Å². The number of carbonyl (C=O) groups is 1. The molecule has 0 heterocycles. The maximum atomic E-state index is 12.6. The number of carbonyl (C=O) groups excluding carboxylic acids is 1. The van der Waals surface area contributed by atoms with Crippen LogP contribution in [-0.4, -0.2) is 41.9 Å². The fourth-order valence-electron chi connectivity index (χ4n) is 5.05. The fraction of sp³-hybridized carbons (Fsp3) is 0.387. The zero-order valence-electron chi connectivity index (χ0n) is 21.2. The summed E-state index contributed by atoms with van der Waals surface area (Å²) >= 11 is 0. The van der Waals surface area contributed by atoms with Gasteiger partial charge in [0.2, 0.25) is 0 Å². The summed E-state index contributed by atoms with van der Waals surface area (Å²) in [5, 5.41) is 23.8. The maximum Gasteiger partial charge on any atom is 0.161 e. The number of nitrogens with one attached hydrogen (secondary N) is 1. The van der Waals surface area contributed by atoms with E-state index >= 15 is 0 Å². The normalized spacial score (nSPS) is 18.1. The van der Waals surface area contributed by atoms with E-state index < -0.39 is 11.5 Å². The van der Waals surface area contributed by atoms with E-state index in [1.54, 1.807) is 12.1 Å². The number of benzene rings is 3. The number of ketones is 1. The topological polar surface area (TPSA) is 88.0 Å². The molecule has 0 radical (unpaired) electrons. The van der Waals surface area contributed by atoms with Crippen LogP contribution in [0.15, 0.2) is 84.9 Å². The molecule has 0 aliphatic heterocycles. The zero-order valence-corrected chi connectivity index (χ0v) is 21.2. The van der Waals surface area contributed by atoms with E-state index in [0.717, 1.165) is 16.7 Å². The molecule has 1 saturated carbocycles. The second-order valence-electron chi connectivity index (χ2n) is 10.0. The first-order valence-electron chi connectivity index (χ1n) is 13.0. The quantitative estimate of drug-likeness (QED) is 0.315. The molecule has 4 rings (SSSR count). The number of para-hydroxylation sites is 1. The van der Waals surface area contributed by atoms with Gasteiger partial charge in [0.05, 0.1) is 26.4 Å². The van der Waals surface area contributed by atoms with Gasteiger partial charge >= 0.3 is 0 Å². The number of phenolic OH excluding ortho intramolecular Hbond substituents is 1. The Labute approximate surface area is 219 Å². The summed E-state index contributed by atoms with van der Waals surface area (Å²) < 4.78 is 12.6. The van der Waals surface area contributed by atoms with Gasteiger partial charge in [-0.05, 0) is 36.0 Å². The number of aliphatic hydroxyl groups excluding tert-OH is 1. The molecule has 0 aromatic heterocycles. The SMILES string of the molecule is O=C1CC(C(CNCc2ccccc2O)(COCc2ccccc2)COCc2ccccc2)CCC1O. The van der Waals surface area contributed by atoms with E-state index in [1.165, 1.54) is 0 Å². The minimum Gasteiger partial charge on any atom is -0.508 e. The van der Waals surface area contributed by atoms with Gasteiger partial charge in [-0.1, -0.05) is 78.9 Å². The van der Waals surface area contributed by atoms with Crippen LogP contribution < -0.4 is 5.32 Å². The van der Waals surface area contributed by atoms with Crippen molar-refractivity contribution < 1.29 is 24.5 Å². The first kappa shape index (κ1) is 27.0. The third-order valence-corrected chi connectivity index (χ3v) is 7.26. The number of aromatic hydroxyl groups is 1. The summed E-state index contributed by atoms with van der Waals surface area (Å²) in [7, 11) is 0. The van der Waals surface area contributed by atoms with Gasteiger partial charge in [-0.3, -0.25) is 4.79 Å². The molecular weight excluding hydrogens is 466 g/mol. The molecule has 1 aliphatic rings. The van der Waals surface area contributed by atoms with Crippen LogP contribution in [0, 0.1) is 11.3 Å². The Morgan fingerprint density at radius 2 is 1.38 bits per heavy atom. The molecule has 2 unspecified atom stereocenters. The van der Waals surface area contributed by atoms with E-state index in [2.05, 4.69) is 5.32 Å². The summed E-state index contributed by atoms with van der Waals surface area (Å²) in [5.74, 6) is 0.122. The van der Waals surface area contributed by atoms with Crippen LogP contribution in [0.5, 0.6) is 5.75 Å². The van der Waals surface area contributed by atoms with Crippen LogP contribution in [0.1, 0.15) is 36.0 Å². The Morgan fingerprint density at radius 1 is 0.811 bits per heavy atom. The molecule has 37 heavy (non-hydrogen) atoms. The smallest absolute Gasteiger partial charge is 0.161 e. The third kappa shape index (κ3) is 7.73. The molecule has 3 N–H and O–H groups in total. The van der Waals surface area contributed by atoms with E-state index in [4.69, 9.17) is 9.47 Å². The lowest BCUT2D eigenvalue weighted by Crippen LogP contribution is -2.50. The first-order valence-corrected chi connectivity index (χ1v) is 13.0. The molecule has 3 aromatic carbocycles. The third-order valence-electron chi connectivity index (χ3n) is 7.26. The largest absolute Gasteiger partial charge is 0.508 e. The van der Waals surface area contributed by atoms with Crippen molar-refractivity contribution in [1.29, 1.82) is 0 Å². The number of hydrogen-bond acceptors (Lipinski definition) is 6. The van der Waals surface area contributed by atoms with Gasteiger partial charge in [-0.25, -0.2) is 0 Å². The summed E-state index contributed by atoms with van der Waals surface area (Å²) in [4.78, 5) is 12.6. The number of hydrogen-bond donors (Lipinski definition) is 3.